The Morgan fingerprint density at radius 1 is 1.09 bits per heavy atom. The number of amides is 1. The number of nitro benzene ring substituents is 1. The van der Waals surface area contributed by atoms with Crippen molar-refractivity contribution in [3.05, 3.63) is 93.9 Å². The standard InChI is InChI=1S/C22H21N3O6S/c1-2-13-23-21(19-7-3-4-8-20(19)22(23)26)24(15-17-6-5-14-31-17)32(29,30)18-11-9-16(10-12-18)25(27)28/h3-12,14,21H,2,13,15H2,1H3/t21-/m1/s1. The van der Waals surface area contributed by atoms with Crippen LogP contribution in [-0.4, -0.2) is 35.0 Å². The first kappa shape index (κ1) is 21.7. The van der Waals surface area contributed by atoms with Crippen molar-refractivity contribution in [3.8, 4) is 0 Å². The largest absolute Gasteiger partial charge is 0.468 e. The summed E-state index contributed by atoms with van der Waals surface area (Å²) < 4.78 is 34.2. The Bertz CT molecular complexity index is 1240. The molecule has 3 aromatic rings. The summed E-state index contributed by atoms with van der Waals surface area (Å²) in [5, 5.41) is 11.0. The molecule has 4 rings (SSSR count). The van der Waals surface area contributed by atoms with Gasteiger partial charge in [0.1, 0.15) is 11.9 Å². The molecule has 1 aromatic heterocycles. The monoisotopic (exact) mass is 455 g/mol. The van der Waals surface area contributed by atoms with Crippen LogP contribution >= 0.6 is 0 Å². The predicted molar refractivity (Wildman–Crippen MR) is 115 cm³/mol. The fourth-order valence-electron chi connectivity index (χ4n) is 3.86. The van der Waals surface area contributed by atoms with Crippen LogP contribution in [0, 0.1) is 10.1 Å². The van der Waals surface area contributed by atoms with E-state index in [0.717, 1.165) is 12.1 Å². The summed E-state index contributed by atoms with van der Waals surface area (Å²) in [6.45, 7) is 2.16. The highest BCUT2D eigenvalue weighted by Gasteiger charge is 2.44. The summed E-state index contributed by atoms with van der Waals surface area (Å²) >= 11 is 0. The van der Waals surface area contributed by atoms with Gasteiger partial charge in [-0.1, -0.05) is 25.1 Å². The van der Waals surface area contributed by atoms with Gasteiger partial charge in [-0.3, -0.25) is 14.9 Å². The molecule has 0 unspecified atom stereocenters. The lowest BCUT2D eigenvalue weighted by Crippen LogP contribution is -2.43. The van der Waals surface area contributed by atoms with E-state index in [1.807, 2.05) is 6.92 Å². The van der Waals surface area contributed by atoms with Crippen LogP contribution in [0.25, 0.3) is 0 Å². The maximum atomic E-state index is 13.8. The molecule has 0 aliphatic carbocycles. The molecule has 10 heteroatoms. The number of rotatable bonds is 8. The number of nitrogens with zero attached hydrogens (tertiary/aromatic N) is 3. The number of hydrogen-bond acceptors (Lipinski definition) is 6. The maximum absolute atomic E-state index is 13.8. The highest BCUT2D eigenvalue weighted by molar-refractivity contribution is 7.89. The Hall–Kier alpha value is -3.50. The molecular weight excluding hydrogens is 434 g/mol. The number of non-ortho nitro benzene ring substituents is 1. The highest BCUT2D eigenvalue weighted by atomic mass is 32.2. The number of fused-ring (bicyclic) bond motifs is 1. The third-order valence-electron chi connectivity index (χ3n) is 5.31. The molecule has 0 N–H and O–H groups in total. The van der Waals surface area contributed by atoms with E-state index in [2.05, 4.69) is 0 Å². The highest BCUT2D eigenvalue weighted by Crippen LogP contribution is 2.40. The first-order valence-corrected chi connectivity index (χ1v) is 11.5. The molecule has 166 valence electrons. The van der Waals surface area contributed by atoms with E-state index in [4.69, 9.17) is 4.42 Å². The third kappa shape index (κ3) is 3.78. The Balaban J connectivity index is 1.85. The van der Waals surface area contributed by atoms with Gasteiger partial charge in [-0.05, 0) is 36.8 Å². The van der Waals surface area contributed by atoms with Gasteiger partial charge in [-0.2, -0.15) is 4.31 Å². The van der Waals surface area contributed by atoms with E-state index >= 15 is 0 Å². The zero-order chi connectivity index (χ0) is 22.9. The van der Waals surface area contributed by atoms with Crippen LogP contribution in [0.15, 0.2) is 76.2 Å². The molecule has 1 aliphatic heterocycles. The zero-order valence-electron chi connectivity index (χ0n) is 17.2. The maximum Gasteiger partial charge on any atom is 0.269 e. The Morgan fingerprint density at radius 3 is 2.44 bits per heavy atom. The third-order valence-corrected chi connectivity index (χ3v) is 7.12. The fourth-order valence-corrected chi connectivity index (χ4v) is 5.40. The second kappa shape index (κ2) is 8.56. The number of nitro groups is 1. The number of carbonyl (C=O) groups excluding carboxylic acids is 1. The van der Waals surface area contributed by atoms with E-state index in [9.17, 15) is 23.3 Å². The molecule has 9 nitrogen and oxygen atoms in total. The quantitative estimate of drug-likeness (QED) is 0.375. The smallest absolute Gasteiger partial charge is 0.269 e. The molecule has 1 atom stereocenters. The summed E-state index contributed by atoms with van der Waals surface area (Å²) in [5.41, 5.74) is 0.827. The molecule has 1 amide bonds. The molecule has 1 aliphatic rings. The molecule has 0 fully saturated rings. The molecule has 0 saturated heterocycles. The second-order valence-corrected chi connectivity index (χ2v) is 9.23. The van der Waals surface area contributed by atoms with Crippen LogP contribution in [0.4, 0.5) is 5.69 Å². The lowest BCUT2D eigenvalue weighted by atomic mass is 10.1. The lowest BCUT2D eigenvalue weighted by Gasteiger charge is -2.34. The summed E-state index contributed by atoms with van der Waals surface area (Å²) in [5.74, 6) is 0.166. The minimum Gasteiger partial charge on any atom is -0.468 e. The molecule has 32 heavy (non-hydrogen) atoms. The summed E-state index contributed by atoms with van der Waals surface area (Å²) in [6.07, 6.45) is 1.22. The van der Waals surface area contributed by atoms with Gasteiger partial charge >= 0.3 is 0 Å². The Morgan fingerprint density at radius 2 is 1.81 bits per heavy atom. The molecule has 0 radical (unpaired) electrons. The van der Waals surface area contributed by atoms with Gasteiger partial charge in [-0.25, -0.2) is 8.42 Å². The number of hydrogen-bond donors (Lipinski definition) is 0. The lowest BCUT2D eigenvalue weighted by molar-refractivity contribution is -0.384. The Kier molecular flexibility index (Phi) is 5.81. The van der Waals surface area contributed by atoms with Gasteiger partial charge in [-0.15, -0.1) is 0 Å². The predicted octanol–water partition coefficient (Wildman–Crippen LogP) is 3.94. The topological polar surface area (TPSA) is 114 Å². The first-order valence-electron chi connectivity index (χ1n) is 10.0. The van der Waals surface area contributed by atoms with E-state index < -0.39 is 21.1 Å². The summed E-state index contributed by atoms with van der Waals surface area (Å²) in [4.78, 5) is 24.9. The van der Waals surface area contributed by atoms with Crippen molar-refractivity contribution in [1.29, 1.82) is 0 Å². The minimum atomic E-state index is -4.16. The van der Waals surface area contributed by atoms with Crippen molar-refractivity contribution < 1.29 is 22.6 Å². The molecule has 2 aromatic carbocycles. The van der Waals surface area contributed by atoms with Crippen LogP contribution in [-0.2, 0) is 16.6 Å². The van der Waals surface area contributed by atoms with E-state index in [0.29, 0.717) is 29.9 Å². The molecule has 0 saturated carbocycles. The van der Waals surface area contributed by atoms with Crippen molar-refractivity contribution in [2.75, 3.05) is 6.54 Å². The molecule has 2 heterocycles. The normalized spacial score (nSPS) is 15.9. The van der Waals surface area contributed by atoms with Gasteiger partial charge in [0.15, 0.2) is 0 Å². The van der Waals surface area contributed by atoms with Crippen LogP contribution in [0.2, 0.25) is 0 Å². The summed E-state index contributed by atoms with van der Waals surface area (Å²) in [6, 6.07) is 15.0. The fraction of sp³-hybridized carbons (Fsp3) is 0.227. The van der Waals surface area contributed by atoms with E-state index in [1.54, 1.807) is 36.4 Å². The number of carbonyl (C=O) groups is 1. The van der Waals surface area contributed by atoms with Crippen LogP contribution in [0.3, 0.4) is 0 Å². The second-order valence-electron chi connectivity index (χ2n) is 7.34. The number of furan rings is 1. The van der Waals surface area contributed by atoms with Gasteiger partial charge in [0.2, 0.25) is 10.0 Å². The van der Waals surface area contributed by atoms with Crippen molar-refractivity contribution >= 4 is 21.6 Å². The Labute approximate surface area is 185 Å². The SMILES string of the molecule is CCCN1C(=O)c2ccccc2[C@H]1N(Cc1ccco1)S(=O)(=O)c1ccc([N+](=O)[O-])cc1. The van der Waals surface area contributed by atoms with Crippen molar-refractivity contribution in [1.82, 2.24) is 9.21 Å². The van der Waals surface area contributed by atoms with Crippen LogP contribution < -0.4 is 0 Å². The zero-order valence-corrected chi connectivity index (χ0v) is 18.1. The summed E-state index contributed by atoms with van der Waals surface area (Å²) in [7, 11) is -4.16. The van der Waals surface area contributed by atoms with Crippen LogP contribution in [0.5, 0.6) is 0 Å². The number of sulfonamides is 1. The van der Waals surface area contributed by atoms with Crippen molar-refractivity contribution in [3.63, 3.8) is 0 Å². The minimum absolute atomic E-state index is 0.108. The average molecular weight is 455 g/mol. The van der Waals surface area contributed by atoms with Crippen LogP contribution in [0.1, 0.15) is 41.2 Å². The van der Waals surface area contributed by atoms with Gasteiger partial charge in [0.25, 0.3) is 11.6 Å². The van der Waals surface area contributed by atoms with Crippen molar-refractivity contribution in [2.45, 2.75) is 31.0 Å². The molecule has 0 bridgehead atoms. The molecular formula is C22H21N3O6S. The van der Waals surface area contributed by atoms with Gasteiger partial charge < -0.3 is 9.32 Å². The first-order chi connectivity index (χ1) is 15.3. The average Bonchev–Trinajstić information content (AvgIpc) is 3.39. The van der Waals surface area contributed by atoms with Gasteiger partial charge in [0.05, 0.1) is 22.6 Å². The van der Waals surface area contributed by atoms with E-state index in [1.165, 1.54) is 27.6 Å². The number of benzene rings is 2. The van der Waals surface area contributed by atoms with Crippen molar-refractivity contribution in [2.24, 2.45) is 0 Å². The molecule has 0 spiro atoms. The van der Waals surface area contributed by atoms with Gasteiger partial charge in [0, 0.05) is 29.8 Å². The van der Waals surface area contributed by atoms with E-state index in [-0.39, 0.29) is 23.0 Å².